The highest BCUT2D eigenvalue weighted by Crippen LogP contribution is 2.29. The van der Waals surface area contributed by atoms with E-state index in [2.05, 4.69) is 15.6 Å². The number of phenols is 1. The van der Waals surface area contributed by atoms with Crippen molar-refractivity contribution in [3.63, 3.8) is 0 Å². The molecule has 0 atom stereocenters. The number of aromatic hydroxyl groups is 1. The molecule has 1 aromatic heterocycles. The second kappa shape index (κ2) is 9.49. The van der Waals surface area contributed by atoms with E-state index < -0.39 is 0 Å². The van der Waals surface area contributed by atoms with Crippen LogP contribution in [0.25, 0.3) is 22.2 Å². The summed E-state index contributed by atoms with van der Waals surface area (Å²) in [6, 6.07) is 22.5. The summed E-state index contributed by atoms with van der Waals surface area (Å²) in [5.41, 5.74) is 2.96. The van der Waals surface area contributed by atoms with Crippen molar-refractivity contribution in [1.82, 2.24) is 15.6 Å². The lowest BCUT2D eigenvalue weighted by Gasteiger charge is -2.12. The summed E-state index contributed by atoms with van der Waals surface area (Å²) in [5.74, 6) is -0.458. The molecule has 160 valence electrons. The number of hydrogen-bond donors (Lipinski definition) is 3. The molecule has 0 saturated heterocycles. The predicted molar refractivity (Wildman–Crippen MR) is 125 cm³/mol. The Morgan fingerprint density at radius 2 is 1.50 bits per heavy atom. The van der Waals surface area contributed by atoms with Crippen LogP contribution in [0, 0.1) is 0 Å². The van der Waals surface area contributed by atoms with Crippen LogP contribution in [0.15, 0.2) is 78.9 Å². The lowest BCUT2D eigenvalue weighted by molar-refractivity contribution is 0.0928. The van der Waals surface area contributed by atoms with Gasteiger partial charge in [-0.05, 0) is 42.5 Å². The fraction of sp³-hybridized carbons (Fsp3) is 0.0800. The van der Waals surface area contributed by atoms with E-state index in [4.69, 9.17) is 11.6 Å². The number of halogens is 1. The molecular formula is C25H20ClN3O3. The first-order valence-electron chi connectivity index (χ1n) is 10.0. The van der Waals surface area contributed by atoms with Crippen molar-refractivity contribution in [2.75, 3.05) is 13.1 Å². The van der Waals surface area contributed by atoms with Gasteiger partial charge in [-0.3, -0.25) is 9.59 Å². The van der Waals surface area contributed by atoms with Crippen LogP contribution in [0.5, 0.6) is 5.75 Å². The molecular weight excluding hydrogens is 426 g/mol. The molecule has 0 unspecified atom stereocenters. The fourth-order valence-electron chi connectivity index (χ4n) is 3.33. The molecule has 0 saturated carbocycles. The highest BCUT2D eigenvalue weighted by molar-refractivity contribution is 6.33. The molecule has 0 fully saturated rings. The zero-order valence-corrected chi connectivity index (χ0v) is 17.8. The molecule has 6 nitrogen and oxygen atoms in total. The molecule has 0 bridgehead atoms. The van der Waals surface area contributed by atoms with E-state index in [9.17, 15) is 14.7 Å². The molecule has 3 N–H and O–H groups in total. The Bertz CT molecular complexity index is 1290. The van der Waals surface area contributed by atoms with Gasteiger partial charge < -0.3 is 15.7 Å². The summed E-state index contributed by atoms with van der Waals surface area (Å²) in [4.78, 5) is 29.8. The van der Waals surface area contributed by atoms with Crippen LogP contribution >= 0.6 is 11.6 Å². The highest BCUT2D eigenvalue weighted by Gasteiger charge is 2.15. The fourth-order valence-corrected chi connectivity index (χ4v) is 3.56. The number of phenolic OH excluding ortho intramolecular Hbond substituents is 1. The minimum atomic E-state index is -0.283. The van der Waals surface area contributed by atoms with Crippen molar-refractivity contribution < 1.29 is 14.7 Å². The Hall–Kier alpha value is -3.90. The standard InChI is InChI=1S/C25H20ClN3O3/c26-21-7-3-1-6-19(21)23-15-20(18-5-2-4-8-22(18)29-23)25(32)28-14-13-27-24(31)16-9-11-17(30)12-10-16/h1-12,15,30H,13-14H2,(H,27,31)(H,28,32). The van der Waals surface area contributed by atoms with Gasteiger partial charge in [-0.2, -0.15) is 0 Å². The molecule has 0 aliphatic carbocycles. The number of nitrogens with zero attached hydrogens (tertiary/aromatic N) is 1. The summed E-state index contributed by atoms with van der Waals surface area (Å²) < 4.78 is 0. The number of carbonyl (C=O) groups excluding carboxylic acids is 2. The van der Waals surface area contributed by atoms with E-state index in [-0.39, 0.29) is 30.7 Å². The number of rotatable bonds is 6. The SMILES string of the molecule is O=C(NCCNC(=O)c1cc(-c2ccccc2Cl)nc2ccccc12)c1ccc(O)cc1. The van der Waals surface area contributed by atoms with Gasteiger partial charge in [-0.15, -0.1) is 0 Å². The number of benzene rings is 3. The average Bonchev–Trinajstić information content (AvgIpc) is 2.81. The van der Waals surface area contributed by atoms with Crippen LogP contribution in [0.4, 0.5) is 0 Å². The van der Waals surface area contributed by atoms with Crippen molar-refractivity contribution in [1.29, 1.82) is 0 Å². The lowest BCUT2D eigenvalue weighted by Crippen LogP contribution is -2.34. The van der Waals surface area contributed by atoms with E-state index in [0.29, 0.717) is 27.4 Å². The number of fused-ring (bicyclic) bond motifs is 1. The number of aromatic nitrogens is 1. The molecule has 4 rings (SSSR count). The van der Waals surface area contributed by atoms with Crippen LogP contribution in [0.3, 0.4) is 0 Å². The van der Waals surface area contributed by atoms with Crippen molar-refractivity contribution >= 4 is 34.3 Å². The van der Waals surface area contributed by atoms with Gasteiger partial charge in [-0.1, -0.05) is 48.0 Å². The van der Waals surface area contributed by atoms with Crippen LogP contribution in [-0.4, -0.2) is 35.0 Å². The van der Waals surface area contributed by atoms with Crippen LogP contribution in [-0.2, 0) is 0 Å². The smallest absolute Gasteiger partial charge is 0.252 e. The minimum Gasteiger partial charge on any atom is -0.508 e. The van der Waals surface area contributed by atoms with Crippen LogP contribution in [0.1, 0.15) is 20.7 Å². The summed E-state index contributed by atoms with van der Waals surface area (Å²) in [7, 11) is 0. The third-order valence-corrected chi connectivity index (χ3v) is 5.27. The van der Waals surface area contributed by atoms with Crippen molar-refractivity contribution in [3.05, 3.63) is 95.0 Å². The van der Waals surface area contributed by atoms with Gasteiger partial charge in [0.2, 0.25) is 0 Å². The number of pyridine rings is 1. The predicted octanol–water partition coefficient (Wildman–Crippen LogP) is 4.42. The maximum atomic E-state index is 13.0. The first-order valence-corrected chi connectivity index (χ1v) is 10.4. The Morgan fingerprint density at radius 3 is 2.25 bits per heavy atom. The van der Waals surface area contributed by atoms with Gasteiger partial charge in [0.1, 0.15) is 5.75 Å². The first-order chi connectivity index (χ1) is 15.5. The molecule has 0 spiro atoms. The summed E-state index contributed by atoms with van der Waals surface area (Å²) >= 11 is 6.34. The zero-order chi connectivity index (χ0) is 22.5. The van der Waals surface area contributed by atoms with E-state index in [0.717, 1.165) is 10.9 Å². The third-order valence-electron chi connectivity index (χ3n) is 4.94. The quantitative estimate of drug-likeness (QED) is 0.383. The van der Waals surface area contributed by atoms with Gasteiger partial charge in [0.05, 0.1) is 16.8 Å². The third kappa shape index (κ3) is 4.71. The Kier molecular flexibility index (Phi) is 6.33. The van der Waals surface area contributed by atoms with Gasteiger partial charge in [-0.25, -0.2) is 4.98 Å². The Labute approximate surface area is 189 Å². The van der Waals surface area contributed by atoms with E-state index in [1.165, 1.54) is 24.3 Å². The van der Waals surface area contributed by atoms with Crippen molar-refractivity contribution in [2.45, 2.75) is 0 Å². The monoisotopic (exact) mass is 445 g/mol. The number of para-hydroxylation sites is 1. The topological polar surface area (TPSA) is 91.3 Å². The van der Waals surface area contributed by atoms with Crippen molar-refractivity contribution in [3.8, 4) is 17.0 Å². The maximum Gasteiger partial charge on any atom is 0.252 e. The molecule has 0 aliphatic rings. The van der Waals surface area contributed by atoms with E-state index >= 15 is 0 Å². The zero-order valence-electron chi connectivity index (χ0n) is 17.0. The maximum absolute atomic E-state index is 13.0. The molecule has 4 aromatic rings. The van der Waals surface area contributed by atoms with Crippen molar-refractivity contribution in [2.24, 2.45) is 0 Å². The second-order valence-electron chi connectivity index (χ2n) is 7.11. The van der Waals surface area contributed by atoms with Gasteiger partial charge >= 0.3 is 0 Å². The number of nitrogens with one attached hydrogen (secondary N) is 2. The van der Waals surface area contributed by atoms with Crippen LogP contribution < -0.4 is 10.6 Å². The normalized spacial score (nSPS) is 10.7. The molecule has 0 aliphatic heterocycles. The summed E-state index contributed by atoms with van der Waals surface area (Å²) in [6.07, 6.45) is 0. The largest absolute Gasteiger partial charge is 0.508 e. The number of carbonyl (C=O) groups is 2. The minimum absolute atomic E-state index is 0.0922. The van der Waals surface area contributed by atoms with E-state index in [1.807, 2.05) is 42.5 Å². The Balaban J connectivity index is 1.49. The molecule has 3 aromatic carbocycles. The van der Waals surface area contributed by atoms with Gasteiger partial charge in [0.15, 0.2) is 0 Å². The lowest BCUT2D eigenvalue weighted by atomic mass is 10.0. The molecule has 7 heteroatoms. The first kappa shape index (κ1) is 21.3. The number of hydrogen-bond acceptors (Lipinski definition) is 4. The summed E-state index contributed by atoms with van der Waals surface area (Å²) in [6.45, 7) is 0.507. The summed E-state index contributed by atoms with van der Waals surface area (Å²) in [5, 5.41) is 16.2. The van der Waals surface area contributed by atoms with Crippen LogP contribution in [0.2, 0.25) is 5.02 Å². The molecule has 1 heterocycles. The van der Waals surface area contributed by atoms with Gasteiger partial charge in [0, 0.05) is 34.6 Å². The average molecular weight is 446 g/mol. The van der Waals surface area contributed by atoms with Gasteiger partial charge in [0.25, 0.3) is 11.8 Å². The molecule has 2 amide bonds. The second-order valence-corrected chi connectivity index (χ2v) is 7.52. The highest BCUT2D eigenvalue weighted by atomic mass is 35.5. The molecule has 0 radical (unpaired) electrons. The van der Waals surface area contributed by atoms with E-state index in [1.54, 1.807) is 12.1 Å². The number of amides is 2. The Morgan fingerprint density at radius 1 is 0.844 bits per heavy atom. The molecule has 32 heavy (non-hydrogen) atoms.